The summed E-state index contributed by atoms with van der Waals surface area (Å²) in [6, 6.07) is 0. The Labute approximate surface area is 67.4 Å². The first-order valence-electron chi connectivity index (χ1n) is 2.94. The monoisotopic (exact) mass is 162 g/mol. The molecule has 0 spiro atoms. The molecule has 0 atom stereocenters. The fourth-order valence-electron chi connectivity index (χ4n) is 0. The lowest BCUT2D eigenvalue weighted by atomic mass is 10.4. The molecule has 0 bridgehead atoms. The Kier molecular flexibility index (Phi) is 8.18. The average Bonchev–Trinajstić information content (AvgIpc) is 1.63. The molecule has 0 amide bonds. The molecule has 0 fully saturated rings. The molecule has 0 radical (unpaired) electrons. The van der Waals surface area contributed by atoms with Gasteiger partial charge in [-0.3, -0.25) is 0 Å². The van der Waals surface area contributed by atoms with Crippen molar-refractivity contribution in [3.8, 4) is 0 Å². The summed E-state index contributed by atoms with van der Waals surface area (Å²) in [6.45, 7) is 8.66. The van der Waals surface area contributed by atoms with Crippen LogP contribution in [0.5, 0.6) is 0 Å². The number of carboxylic acids is 1. The molecule has 1 N–H and O–H groups in total. The van der Waals surface area contributed by atoms with E-state index in [0.29, 0.717) is 5.25 Å². The fraction of sp³-hybridized carbons (Fsp3) is 0.571. The third-order valence-electron chi connectivity index (χ3n) is 0.365. The van der Waals surface area contributed by atoms with Crippen molar-refractivity contribution in [3.05, 3.63) is 12.2 Å². The Morgan fingerprint density at radius 3 is 1.70 bits per heavy atom. The third kappa shape index (κ3) is 25.7. The summed E-state index contributed by atoms with van der Waals surface area (Å²) in [6.07, 6.45) is 0. The maximum Gasteiger partial charge on any atom is 0.330 e. The van der Waals surface area contributed by atoms with Crippen LogP contribution in [0.3, 0.4) is 0 Å². The molecule has 3 heteroatoms. The molecule has 10 heavy (non-hydrogen) atoms. The second kappa shape index (κ2) is 6.68. The normalized spacial score (nSPS) is 8.10. The molecule has 0 aromatic heterocycles. The van der Waals surface area contributed by atoms with E-state index < -0.39 is 5.97 Å². The van der Waals surface area contributed by atoms with Gasteiger partial charge in [-0.2, -0.15) is 12.6 Å². The van der Waals surface area contributed by atoms with Gasteiger partial charge in [0.1, 0.15) is 0 Å². The van der Waals surface area contributed by atoms with Crippen LogP contribution in [0.1, 0.15) is 20.8 Å². The van der Waals surface area contributed by atoms with Gasteiger partial charge < -0.3 is 5.11 Å². The molecule has 0 saturated heterocycles. The molecule has 0 rings (SSSR count). The predicted molar refractivity (Wildman–Crippen MR) is 46.6 cm³/mol. The number of hydrogen-bond acceptors (Lipinski definition) is 2. The summed E-state index contributed by atoms with van der Waals surface area (Å²) in [7, 11) is 0. The minimum absolute atomic E-state index is 0.176. The number of carboxylic acid groups (broad SMARTS) is 1. The maximum absolute atomic E-state index is 9.60. The second-order valence-electron chi connectivity index (χ2n) is 2.18. The number of aliphatic carboxylic acids is 1. The van der Waals surface area contributed by atoms with Crippen LogP contribution in [0, 0.1) is 0 Å². The molecule has 0 heterocycles. The Balaban J connectivity index is 0. The van der Waals surface area contributed by atoms with Crippen LogP contribution in [0.2, 0.25) is 0 Å². The zero-order chi connectivity index (χ0) is 8.73. The number of thiol groups is 1. The largest absolute Gasteiger partial charge is 0.478 e. The Morgan fingerprint density at radius 1 is 1.60 bits per heavy atom. The van der Waals surface area contributed by atoms with E-state index in [1.165, 1.54) is 6.92 Å². The highest BCUT2D eigenvalue weighted by molar-refractivity contribution is 7.80. The van der Waals surface area contributed by atoms with Gasteiger partial charge in [0.05, 0.1) is 0 Å². The van der Waals surface area contributed by atoms with Gasteiger partial charge in [0.2, 0.25) is 0 Å². The van der Waals surface area contributed by atoms with Crippen LogP contribution < -0.4 is 0 Å². The summed E-state index contributed by atoms with van der Waals surface area (Å²) >= 11 is 3.97. The highest BCUT2D eigenvalue weighted by Gasteiger charge is 1.90. The molecule has 0 aromatic rings. The molecule has 0 unspecified atom stereocenters. The smallest absolute Gasteiger partial charge is 0.330 e. The van der Waals surface area contributed by atoms with Gasteiger partial charge in [-0.15, -0.1) is 0 Å². The van der Waals surface area contributed by atoms with E-state index in [9.17, 15) is 4.79 Å². The van der Waals surface area contributed by atoms with Crippen molar-refractivity contribution in [1.29, 1.82) is 0 Å². The first-order valence-corrected chi connectivity index (χ1v) is 3.46. The highest BCUT2D eigenvalue weighted by atomic mass is 32.1. The first kappa shape index (κ1) is 12.3. The SMILES string of the molecule is C=C(C)C(=O)O.CC(C)S. The number of carbonyl (C=O) groups is 1. The van der Waals surface area contributed by atoms with Crippen molar-refractivity contribution in [2.75, 3.05) is 0 Å². The Morgan fingerprint density at radius 2 is 1.70 bits per heavy atom. The summed E-state index contributed by atoms with van der Waals surface area (Å²) in [5, 5.41) is 8.42. The summed E-state index contributed by atoms with van der Waals surface area (Å²) in [4.78, 5) is 9.60. The van der Waals surface area contributed by atoms with Crippen LogP contribution >= 0.6 is 12.6 Å². The van der Waals surface area contributed by atoms with Crippen molar-refractivity contribution in [1.82, 2.24) is 0 Å². The lowest BCUT2D eigenvalue weighted by molar-refractivity contribution is -0.132. The Bertz CT molecular complexity index is 104. The predicted octanol–water partition coefficient (Wildman–Crippen LogP) is 1.97. The minimum atomic E-state index is -0.935. The zero-order valence-corrected chi connectivity index (χ0v) is 7.48. The van der Waals surface area contributed by atoms with Gasteiger partial charge in [-0.25, -0.2) is 4.79 Å². The van der Waals surface area contributed by atoms with Crippen LogP contribution in [0.25, 0.3) is 0 Å². The van der Waals surface area contributed by atoms with E-state index in [2.05, 4.69) is 19.2 Å². The van der Waals surface area contributed by atoms with E-state index in [1.807, 2.05) is 13.8 Å². The molecule has 0 aliphatic rings. The molecule has 0 aliphatic carbocycles. The van der Waals surface area contributed by atoms with E-state index in [1.54, 1.807) is 0 Å². The van der Waals surface area contributed by atoms with Gasteiger partial charge in [0.15, 0.2) is 0 Å². The highest BCUT2D eigenvalue weighted by Crippen LogP contribution is 1.83. The molecule has 0 aliphatic heterocycles. The Hall–Kier alpha value is -0.440. The van der Waals surface area contributed by atoms with Crippen LogP contribution in [-0.2, 0) is 4.79 Å². The van der Waals surface area contributed by atoms with E-state index in [0.717, 1.165) is 0 Å². The summed E-state index contributed by atoms with van der Waals surface area (Å²) in [5.74, 6) is -0.935. The van der Waals surface area contributed by atoms with Crippen molar-refractivity contribution in [2.45, 2.75) is 26.0 Å². The van der Waals surface area contributed by atoms with Crippen molar-refractivity contribution < 1.29 is 9.90 Å². The summed E-state index contributed by atoms with van der Waals surface area (Å²) < 4.78 is 0. The molecule has 0 saturated carbocycles. The molecule has 0 aromatic carbocycles. The maximum atomic E-state index is 9.60. The van der Waals surface area contributed by atoms with Gasteiger partial charge in [-0.1, -0.05) is 20.4 Å². The van der Waals surface area contributed by atoms with E-state index >= 15 is 0 Å². The first-order chi connectivity index (χ1) is 4.37. The second-order valence-corrected chi connectivity index (χ2v) is 3.21. The van der Waals surface area contributed by atoms with Crippen molar-refractivity contribution in [3.63, 3.8) is 0 Å². The topological polar surface area (TPSA) is 37.3 Å². The van der Waals surface area contributed by atoms with Crippen LogP contribution in [0.15, 0.2) is 12.2 Å². The van der Waals surface area contributed by atoms with Gasteiger partial charge in [0.25, 0.3) is 0 Å². The van der Waals surface area contributed by atoms with Crippen LogP contribution in [0.4, 0.5) is 0 Å². The fourth-order valence-corrected chi connectivity index (χ4v) is 0. The van der Waals surface area contributed by atoms with E-state index in [-0.39, 0.29) is 5.57 Å². The molecule has 60 valence electrons. The van der Waals surface area contributed by atoms with Crippen LogP contribution in [-0.4, -0.2) is 16.3 Å². The van der Waals surface area contributed by atoms with Gasteiger partial charge in [0, 0.05) is 5.57 Å². The third-order valence-corrected chi connectivity index (χ3v) is 0.365. The minimum Gasteiger partial charge on any atom is -0.478 e. The number of hydrogen-bond donors (Lipinski definition) is 2. The van der Waals surface area contributed by atoms with Gasteiger partial charge in [-0.05, 0) is 12.2 Å². The number of rotatable bonds is 1. The summed E-state index contributed by atoms with van der Waals surface area (Å²) in [5.41, 5.74) is 0.176. The molecular formula is C7H14O2S. The average molecular weight is 162 g/mol. The van der Waals surface area contributed by atoms with Crippen molar-refractivity contribution in [2.24, 2.45) is 0 Å². The molecule has 2 nitrogen and oxygen atoms in total. The lowest BCUT2D eigenvalue weighted by Crippen LogP contribution is -1.92. The van der Waals surface area contributed by atoms with Crippen molar-refractivity contribution >= 4 is 18.6 Å². The lowest BCUT2D eigenvalue weighted by Gasteiger charge is -1.79. The van der Waals surface area contributed by atoms with E-state index in [4.69, 9.17) is 5.11 Å². The zero-order valence-electron chi connectivity index (χ0n) is 6.59. The van der Waals surface area contributed by atoms with Gasteiger partial charge >= 0.3 is 5.97 Å². The standard InChI is InChI=1S/C4H6O2.C3H8S/c1-3(2)4(5)6;1-3(2)4/h1H2,2H3,(H,5,6);3-4H,1-2H3. The quantitative estimate of drug-likeness (QED) is 0.457. The molecular weight excluding hydrogens is 148 g/mol.